The number of aromatic nitrogens is 1. The fraction of sp³-hybridized carbons (Fsp3) is 0.400. The Morgan fingerprint density at radius 3 is 2.94 bits per heavy atom. The Balaban J connectivity index is 1.47. The minimum absolute atomic E-state index is 0.0491. The normalized spacial score (nSPS) is 18.7. The van der Waals surface area contributed by atoms with Crippen LogP contribution >= 0.6 is 23.4 Å². The van der Waals surface area contributed by atoms with Crippen LogP contribution in [0.25, 0.3) is 0 Å². The Morgan fingerprint density at radius 2 is 2.13 bits per heavy atom. The first-order valence-corrected chi connectivity index (χ1v) is 12.2. The standard InChI is InChI=1S/C25H29ClN2O2S/c1-2-18-6-3-4-8-24(18)31-21-9-10-23(19(16-21)12-15-29)28-14-11-20(17-28)30-25-22(26)7-5-13-27-25/h5-10,13,16,20,29H,2-4,11-12,14-15,17H2,1H3. The summed E-state index contributed by atoms with van der Waals surface area (Å²) < 4.78 is 6.05. The number of aliphatic hydroxyl groups is 1. The van der Waals surface area contributed by atoms with Gasteiger partial charge < -0.3 is 14.7 Å². The summed E-state index contributed by atoms with van der Waals surface area (Å²) in [4.78, 5) is 9.20. The van der Waals surface area contributed by atoms with Crippen LogP contribution in [0.4, 0.5) is 5.69 Å². The van der Waals surface area contributed by atoms with Gasteiger partial charge in [0.05, 0.1) is 6.54 Å². The van der Waals surface area contributed by atoms with Gasteiger partial charge in [0, 0.05) is 41.3 Å². The van der Waals surface area contributed by atoms with Crippen LogP contribution in [0.3, 0.4) is 0 Å². The largest absolute Gasteiger partial charge is 0.471 e. The molecule has 1 unspecified atom stereocenters. The van der Waals surface area contributed by atoms with Gasteiger partial charge in [0.25, 0.3) is 0 Å². The molecule has 6 heteroatoms. The maximum atomic E-state index is 9.66. The molecule has 1 aromatic heterocycles. The van der Waals surface area contributed by atoms with Crippen molar-refractivity contribution in [1.29, 1.82) is 0 Å². The van der Waals surface area contributed by atoms with Gasteiger partial charge in [-0.1, -0.05) is 42.4 Å². The predicted octanol–water partition coefficient (Wildman–Crippen LogP) is 6.03. The Bertz CT molecular complexity index is 976. The van der Waals surface area contributed by atoms with Crippen LogP contribution in [0.1, 0.15) is 38.2 Å². The number of hydrogen-bond donors (Lipinski definition) is 1. The number of ether oxygens (including phenoxy) is 1. The highest BCUT2D eigenvalue weighted by Crippen LogP contribution is 2.38. The number of allylic oxidation sites excluding steroid dienone is 3. The number of benzene rings is 1. The highest BCUT2D eigenvalue weighted by Gasteiger charge is 2.26. The average Bonchev–Trinajstić information content (AvgIpc) is 3.24. The molecule has 1 saturated heterocycles. The van der Waals surface area contributed by atoms with Gasteiger partial charge in [-0.25, -0.2) is 4.98 Å². The first-order valence-electron chi connectivity index (χ1n) is 11.0. The number of thioether (sulfide) groups is 1. The molecule has 4 nitrogen and oxygen atoms in total. The maximum absolute atomic E-state index is 9.66. The van der Waals surface area contributed by atoms with E-state index in [4.69, 9.17) is 16.3 Å². The molecule has 1 aromatic carbocycles. The van der Waals surface area contributed by atoms with Gasteiger partial charge >= 0.3 is 0 Å². The molecule has 2 heterocycles. The van der Waals surface area contributed by atoms with E-state index in [0.29, 0.717) is 17.3 Å². The Hall–Kier alpha value is -1.95. The van der Waals surface area contributed by atoms with Crippen molar-refractivity contribution in [3.63, 3.8) is 0 Å². The van der Waals surface area contributed by atoms with Gasteiger partial charge in [-0.15, -0.1) is 0 Å². The summed E-state index contributed by atoms with van der Waals surface area (Å²) >= 11 is 8.04. The van der Waals surface area contributed by atoms with Crippen LogP contribution < -0.4 is 9.64 Å². The van der Waals surface area contributed by atoms with E-state index < -0.39 is 0 Å². The lowest BCUT2D eigenvalue weighted by molar-refractivity contribution is 0.216. The third-order valence-electron chi connectivity index (χ3n) is 5.73. The van der Waals surface area contributed by atoms with Crippen molar-refractivity contribution in [3.8, 4) is 5.88 Å². The molecular weight excluding hydrogens is 428 g/mol. The van der Waals surface area contributed by atoms with E-state index in [1.54, 1.807) is 18.3 Å². The first-order chi connectivity index (χ1) is 15.2. The maximum Gasteiger partial charge on any atom is 0.232 e. The van der Waals surface area contributed by atoms with Crippen LogP contribution in [0.2, 0.25) is 5.02 Å². The van der Waals surface area contributed by atoms with Gasteiger partial charge in [-0.3, -0.25) is 0 Å². The lowest BCUT2D eigenvalue weighted by Gasteiger charge is -2.23. The summed E-state index contributed by atoms with van der Waals surface area (Å²) in [5.74, 6) is 0.499. The number of pyridine rings is 1. The van der Waals surface area contributed by atoms with Crippen molar-refractivity contribution >= 4 is 29.1 Å². The third-order valence-corrected chi connectivity index (χ3v) is 7.16. The summed E-state index contributed by atoms with van der Waals surface area (Å²) in [5.41, 5.74) is 3.81. The van der Waals surface area contributed by atoms with E-state index in [1.165, 1.54) is 26.6 Å². The van der Waals surface area contributed by atoms with Crippen LogP contribution in [-0.2, 0) is 6.42 Å². The van der Waals surface area contributed by atoms with Crippen LogP contribution in [0, 0.1) is 0 Å². The molecule has 0 saturated carbocycles. The van der Waals surface area contributed by atoms with Crippen molar-refractivity contribution in [1.82, 2.24) is 4.98 Å². The number of rotatable bonds is 8. The number of aliphatic hydroxyl groups excluding tert-OH is 1. The second-order valence-electron chi connectivity index (χ2n) is 7.86. The zero-order valence-electron chi connectivity index (χ0n) is 17.9. The third kappa shape index (κ3) is 5.46. The lowest BCUT2D eigenvalue weighted by Crippen LogP contribution is -2.25. The van der Waals surface area contributed by atoms with E-state index in [9.17, 15) is 5.11 Å². The van der Waals surface area contributed by atoms with Crippen molar-refractivity contribution in [2.24, 2.45) is 0 Å². The van der Waals surface area contributed by atoms with E-state index in [2.05, 4.69) is 47.2 Å². The molecule has 1 atom stereocenters. The lowest BCUT2D eigenvalue weighted by atomic mass is 10.1. The van der Waals surface area contributed by atoms with E-state index in [-0.39, 0.29) is 12.7 Å². The molecule has 1 aliphatic heterocycles. The van der Waals surface area contributed by atoms with E-state index >= 15 is 0 Å². The molecule has 164 valence electrons. The van der Waals surface area contributed by atoms with Crippen molar-refractivity contribution in [2.45, 2.75) is 50.0 Å². The van der Waals surface area contributed by atoms with Crippen molar-refractivity contribution in [3.05, 3.63) is 69.7 Å². The fourth-order valence-corrected chi connectivity index (χ4v) is 5.49. The van der Waals surface area contributed by atoms with E-state index in [0.717, 1.165) is 38.8 Å². The summed E-state index contributed by atoms with van der Waals surface area (Å²) in [7, 11) is 0. The topological polar surface area (TPSA) is 45.6 Å². The average molecular weight is 457 g/mol. The molecule has 0 amide bonds. The van der Waals surface area contributed by atoms with Crippen LogP contribution in [0.5, 0.6) is 5.88 Å². The molecule has 31 heavy (non-hydrogen) atoms. The van der Waals surface area contributed by atoms with Gasteiger partial charge in [-0.2, -0.15) is 0 Å². The zero-order valence-corrected chi connectivity index (χ0v) is 19.5. The molecule has 0 bridgehead atoms. The van der Waals surface area contributed by atoms with Gasteiger partial charge in [0.1, 0.15) is 11.1 Å². The molecule has 1 N–H and O–H groups in total. The molecule has 2 aliphatic rings. The summed E-state index contributed by atoms with van der Waals surface area (Å²) in [6.45, 7) is 4.05. The summed E-state index contributed by atoms with van der Waals surface area (Å²) in [6, 6.07) is 10.2. The fourth-order valence-electron chi connectivity index (χ4n) is 4.17. The SMILES string of the molecule is CCC1=CCCC=C1Sc1ccc(N2CCC(Oc3ncccc3Cl)C2)c(CCO)c1. The highest BCUT2D eigenvalue weighted by atomic mass is 35.5. The number of nitrogens with zero attached hydrogens (tertiary/aromatic N) is 2. The minimum Gasteiger partial charge on any atom is -0.471 e. The van der Waals surface area contributed by atoms with Gasteiger partial charge in [0.15, 0.2) is 0 Å². The van der Waals surface area contributed by atoms with E-state index in [1.807, 2.05) is 11.8 Å². The smallest absolute Gasteiger partial charge is 0.232 e. The van der Waals surface area contributed by atoms with Crippen LogP contribution in [0.15, 0.2) is 64.1 Å². The van der Waals surface area contributed by atoms with Crippen LogP contribution in [-0.4, -0.2) is 35.9 Å². The molecule has 0 radical (unpaired) electrons. The zero-order chi connectivity index (χ0) is 21.6. The van der Waals surface area contributed by atoms with Crippen molar-refractivity contribution in [2.75, 3.05) is 24.6 Å². The summed E-state index contributed by atoms with van der Waals surface area (Å²) in [6.07, 6.45) is 11.4. The predicted molar refractivity (Wildman–Crippen MR) is 129 cm³/mol. The quantitative estimate of drug-likeness (QED) is 0.525. The highest BCUT2D eigenvalue weighted by molar-refractivity contribution is 8.03. The summed E-state index contributed by atoms with van der Waals surface area (Å²) in [5, 5.41) is 10.2. The molecule has 2 aromatic rings. The second-order valence-corrected chi connectivity index (χ2v) is 9.38. The van der Waals surface area contributed by atoms with Gasteiger partial charge in [0.2, 0.25) is 5.88 Å². The Labute approximate surface area is 194 Å². The monoisotopic (exact) mass is 456 g/mol. The van der Waals surface area contributed by atoms with Crippen molar-refractivity contribution < 1.29 is 9.84 Å². The molecule has 0 spiro atoms. The Kier molecular flexibility index (Phi) is 7.59. The Morgan fingerprint density at radius 1 is 1.26 bits per heavy atom. The molecule has 1 aliphatic carbocycles. The minimum atomic E-state index is 0.0491. The molecule has 4 rings (SSSR count). The number of halogens is 1. The van der Waals surface area contributed by atoms with Gasteiger partial charge in [-0.05, 0) is 67.2 Å². The number of hydrogen-bond acceptors (Lipinski definition) is 5. The second kappa shape index (κ2) is 10.6. The first kappa shape index (κ1) is 22.3. The molecular formula is C25H29ClN2O2S. The molecule has 1 fully saturated rings. The number of anilines is 1.